The molecule has 2 aromatic rings. The summed E-state index contributed by atoms with van der Waals surface area (Å²) in [5.41, 5.74) is 3.66. The van der Waals surface area contributed by atoms with Gasteiger partial charge in [-0.3, -0.25) is 19.7 Å². The van der Waals surface area contributed by atoms with Crippen molar-refractivity contribution in [3.63, 3.8) is 0 Å². The van der Waals surface area contributed by atoms with Gasteiger partial charge in [0.15, 0.2) is 0 Å². The van der Waals surface area contributed by atoms with E-state index in [2.05, 4.69) is 15.8 Å². The number of para-hydroxylation sites is 1. The quantitative estimate of drug-likeness (QED) is 0.347. The lowest BCUT2D eigenvalue weighted by atomic mass is 9.88. The highest BCUT2D eigenvalue weighted by atomic mass is 16.6. The van der Waals surface area contributed by atoms with Gasteiger partial charge in [-0.25, -0.2) is 5.43 Å². The van der Waals surface area contributed by atoms with Crippen LogP contribution in [0, 0.1) is 16.0 Å². The summed E-state index contributed by atoms with van der Waals surface area (Å²) in [5.74, 6) is -1.96. The van der Waals surface area contributed by atoms with Crippen molar-refractivity contribution in [2.24, 2.45) is 11.0 Å². The number of nitro groups is 1. The molecule has 1 saturated heterocycles. The average Bonchev–Trinajstić information content (AvgIpc) is 3.10. The van der Waals surface area contributed by atoms with E-state index in [1.165, 1.54) is 24.4 Å². The molecule has 8 heteroatoms. The summed E-state index contributed by atoms with van der Waals surface area (Å²) in [4.78, 5) is 35.0. The molecule has 28 heavy (non-hydrogen) atoms. The van der Waals surface area contributed by atoms with E-state index >= 15 is 0 Å². The smallest absolute Gasteiger partial charge is 0.276 e. The van der Waals surface area contributed by atoms with Crippen LogP contribution in [0.3, 0.4) is 0 Å². The highest BCUT2D eigenvalue weighted by molar-refractivity contribution is 6.03. The zero-order valence-corrected chi connectivity index (χ0v) is 14.8. The van der Waals surface area contributed by atoms with E-state index in [0.717, 1.165) is 5.56 Å². The third kappa shape index (κ3) is 4.29. The monoisotopic (exact) mass is 378 g/mol. The molecule has 3 rings (SSSR count). The molecule has 0 spiro atoms. The predicted octanol–water partition coefficient (Wildman–Crippen LogP) is 2.24. The molecule has 0 saturated carbocycles. The Hall–Kier alpha value is -3.81. The molecule has 1 fully saturated rings. The standard InChI is InChI=1S/C20H18N4O4/c25-19-18(16(13-21-19)14-7-2-1-3-8-14)20(26)23-22-12-6-10-15-9-4-5-11-17(15)24(27)28/h1-12,16,18H,13H2,(H,21,25)(H,23,26)/b10-6-,22-12+/t16-,18-/m1/s1. The summed E-state index contributed by atoms with van der Waals surface area (Å²) in [6.45, 7) is 0.391. The van der Waals surface area contributed by atoms with Crippen LogP contribution in [-0.4, -0.2) is 29.5 Å². The van der Waals surface area contributed by atoms with Crippen molar-refractivity contribution in [3.8, 4) is 0 Å². The Kier molecular flexibility index (Phi) is 5.91. The molecule has 0 radical (unpaired) electrons. The predicted molar refractivity (Wildman–Crippen MR) is 104 cm³/mol. The number of hydrogen-bond acceptors (Lipinski definition) is 5. The largest absolute Gasteiger partial charge is 0.355 e. The molecular formula is C20H18N4O4. The second kappa shape index (κ2) is 8.72. The van der Waals surface area contributed by atoms with Crippen LogP contribution in [0.15, 0.2) is 65.8 Å². The van der Waals surface area contributed by atoms with Gasteiger partial charge in [-0.1, -0.05) is 42.5 Å². The lowest BCUT2D eigenvalue weighted by Crippen LogP contribution is -2.34. The summed E-state index contributed by atoms with van der Waals surface area (Å²) in [7, 11) is 0. The number of nitrogens with one attached hydrogen (secondary N) is 2. The van der Waals surface area contributed by atoms with Gasteiger partial charge in [-0.2, -0.15) is 5.10 Å². The van der Waals surface area contributed by atoms with Crippen molar-refractivity contribution in [2.75, 3.05) is 6.54 Å². The van der Waals surface area contributed by atoms with Gasteiger partial charge in [-0.15, -0.1) is 0 Å². The minimum absolute atomic E-state index is 0.0236. The maximum absolute atomic E-state index is 12.4. The van der Waals surface area contributed by atoms with Crippen LogP contribution in [0.4, 0.5) is 5.69 Å². The molecule has 2 amide bonds. The summed E-state index contributed by atoms with van der Waals surface area (Å²) in [5, 5.41) is 17.5. The number of allylic oxidation sites excluding steroid dienone is 1. The highest BCUT2D eigenvalue weighted by Gasteiger charge is 2.40. The molecular weight excluding hydrogens is 360 g/mol. The fourth-order valence-corrected chi connectivity index (χ4v) is 3.09. The Balaban J connectivity index is 1.63. The maximum Gasteiger partial charge on any atom is 0.276 e. The molecule has 0 aliphatic carbocycles. The Morgan fingerprint density at radius 1 is 1.18 bits per heavy atom. The van der Waals surface area contributed by atoms with Crippen LogP contribution in [-0.2, 0) is 9.59 Å². The molecule has 142 valence electrons. The highest BCUT2D eigenvalue weighted by Crippen LogP contribution is 2.29. The van der Waals surface area contributed by atoms with Gasteiger partial charge in [0.2, 0.25) is 5.91 Å². The second-order valence-corrected chi connectivity index (χ2v) is 6.17. The van der Waals surface area contributed by atoms with E-state index in [9.17, 15) is 19.7 Å². The number of hydrogen-bond donors (Lipinski definition) is 2. The molecule has 8 nitrogen and oxygen atoms in total. The van der Waals surface area contributed by atoms with E-state index in [-0.39, 0.29) is 17.5 Å². The first-order valence-electron chi connectivity index (χ1n) is 8.63. The summed E-state index contributed by atoms with van der Waals surface area (Å²) in [6, 6.07) is 15.6. The lowest BCUT2D eigenvalue weighted by molar-refractivity contribution is -0.385. The van der Waals surface area contributed by atoms with E-state index in [4.69, 9.17) is 0 Å². The zero-order valence-electron chi connectivity index (χ0n) is 14.8. The van der Waals surface area contributed by atoms with Crippen molar-refractivity contribution < 1.29 is 14.5 Å². The topological polar surface area (TPSA) is 114 Å². The molecule has 0 bridgehead atoms. The number of rotatable bonds is 6. The first-order chi connectivity index (χ1) is 13.6. The summed E-state index contributed by atoms with van der Waals surface area (Å²) >= 11 is 0. The van der Waals surface area contributed by atoms with Gasteiger partial charge in [0.05, 0.1) is 10.5 Å². The van der Waals surface area contributed by atoms with Crippen LogP contribution in [0.5, 0.6) is 0 Å². The van der Waals surface area contributed by atoms with Crippen molar-refractivity contribution in [1.82, 2.24) is 10.7 Å². The number of nitrogens with zero attached hydrogens (tertiary/aromatic N) is 2. The maximum atomic E-state index is 12.4. The molecule has 1 aliphatic rings. The van der Waals surface area contributed by atoms with Crippen LogP contribution < -0.4 is 10.7 Å². The van der Waals surface area contributed by atoms with Crippen LogP contribution in [0.1, 0.15) is 17.0 Å². The first-order valence-corrected chi connectivity index (χ1v) is 8.63. The number of hydrazone groups is 1. The van der Waals surface area contributed by atoms with Gasteiger partial charge in [0.1, 0.15) is 5.92 Å². The Morgan fingerprint density at radius 3 is 2.64 bits per heavy atom. The number of nitro benzene ring substituents is 1. The van der Waals surface area contributed by atoms with Crippen molar-refractivity contribution in [2.45, 2.75) is 5.92 Å². The van der Waals surface area contributed by atoms with Gasteiger partial charge < -0.3 is 5.32 Å². The van der Waals surface area contributed by atoms with E-state index < -0.39 is 16.7 Å². The third-order valence-electron chi connectivity index (χ3n) is 4.44. The minimum Gasteiger partial charge on any atom is -0.355 e. The first kappa shape index (κ1) is 19.0. The van der Waals surface area contributed by atoms with E-state index in [1.807, 2.05) is 30.3 Å². The molecule has 1 aliphatic heterocycles. The van der Waals surface area contributed by atoms with Gasteiger partial charge in [-0.05, 0) is 23.8 Å². The second-order valence-electron chi connectivity index (χ2n) is 6.17. The van der Waals surface area contributed by atoms with Gasteiger partial charge in [0, 0.05) is 24.7 Å². The van der Waals surface area contributed by atoms with E-state index in [0.29, 0.717) is 12.1 Å². The fraction of sp³-hybridized carbons (Fsp3) is 0.150. The van der Waals surface area contributed by atoms with Gasteiger partial charge >= 0.3 is 0 Å². The third-order valence-corrected chi connectivity index (χ3v) is 4.44. The molecule has 1 heterocycles. The molecule has 2 N–H and O–H groups in total. The fourth-order valence-electron chi connectivity index (χ4n) is 3.09. The normalized spacial score (nSPS) is 19.1. The van der Waals surface area contributed by atoms with Crippen LogP contribution in [0.25, 0.3) is 6.08 Å². The van der Waals surface area contributed by atoms with Crippen LogP contribution in [0.2, 0.25) is 0 Å². The molecule has 2 aromatic carbocycles. The Labute approximate surface area is 161 Å². The minimum atomic E-state index is -0.862. The zero-order chi connectivity index (χ0) is 19.9. The van der Waals surface area contributed by atoms with Crippen molar-refractivity contribution >= 4 is 29.8 Å². The van der Waals surface area contributed by atoms with Crippen LogP contribution >= 0.6 is 0 Å². The molecule has 0 unspecified atom stereocenters. The SMILES string of the molecule is O=C1NC[C@H](c2ccccc2)[C@H]1C(=O)N/N=C/C=C\c1ccccc1[N+](=O)[O-]. The van der Waals surface area contributed by atoms with Crippen molar-refractivity contribution in [1.29, 1.82) is 0 Å². The van der Waals surface area contributed by atoms with Gasteiger partial charge in [0.25, 0.3) is 11.6 Å². The Bertz CT molecular complexity index is 940. The number of amides is 2. The number of carbonyl (C=O) groups excluding carboxylic acids is 2. The Morgan fingerprint density at radius 2 is 1.89 bits per heavy atom. The summed E-state index contributed by atoms with van der Waals surface area (Å²) in [6.07, 6.45) is 4.30. The van der Waals surface area contributed by atoms with Crippen molar-refractivity contribution in [3.05, 3.63) is 81.9 Å². The number of benzene rings is 2. The average molecular weight is 378 g/mol. The van der Waals surface area contributed by atoms with E-state index in [1.54, 1.807) is 18.2 Å². The lowest BCUT2D eigenvalue weighted by Gasteiger charge is -2.15. The molecule has 0 aromatic heterocycles. The molecule has 2 atom stereocenters. The summed E-state index contributed by atoms with van der Waals surface area (Å²) < 4.78 is 0. The number of carbonyl (C=O) groups is 2.